The van der Waals surface area contributed by atoms with Gasteiger partial charge in [0.05, 0.1) is 17.7 Å². The molecule has 0 N–H and O–H groups in total. The van der Waals surface area contributed by atoms with E-state index >= 15 is 8.78 Å². The molecule has 5 nitrogen and oxygen atoms in total. The second-order valence-electron chi connectivity index (χ2n) is 9.83. The number of aromatic nitrogens is 1. The zero-order valence-corrected chi connectivity index (χ0v) is 19.0. The summed E-state index contributed by atoms with van der Waals surface area (Å²) in [5.41, 5.74) is 1.80. The number of pyridine rings is 1. The predicted molar refractivity (Wildman–Crippen MR) is 125 cm³/mol. The van der Waals surface area contributed by atoms with E-state index in [1.807, 2.05) is 35.2 Å². The normalized spacial score (nSPS) is 20.9. The van der Waals surface area contributed by atoms with Crippen molar-refractivity contribution in [2.24, 2.45) is 0 Å². The summed E-state index contributed by atoms with van der Waals surface area (Å²) in [6, 6.07) is 12.7. The van der Waals surface area contributed by atoms with Crippen molar-refractivity contribution in [2.75, 3.05) is 26.2 Å². The van der Waals surface area contributed by atoms with E-state index in [0.717, 1.165) is 42.1 Å². The minimum absolute atomic E-state index is 0.0852. The Balaban J connectivity index is 1.15. The number of carbonyl (C=O) groups excluding carboxylic acids is 1. The molecule has 2 saturated heterocycles. The quantitative estimate of drug-likeness (QED) is 0.570. The van der Waals surface area contributed by atoms with Gasteiger partial charge in [-0.1, -0.05) is 18.2 Å². The van der Waals surface area contributed by atoms with Crippen molar-refractivity contribution in [3.8, 4) is 11.1 Å². The van der Waals surface area contributed by atoms with Crippen LogP contribution in [0.3, 0.4) is 0 Å². The van der Waals surface area contributed by atoms with E-state index in [-0.39, 0.29) is 30.2 Å². The maximum absolute atomic E-state index is 15.1. The largest absolute Gasteiger partial charge is 0.363 e. The Labute approximate surface area is 197 Å². The molecule has 3 heterocycles. The summed E-state index contributed by atoms with van der Waals surface area (Å²) in [7, 11) is 0. The topological polar surface area (TPSA) is 45.7 Å². The van der Waals surface area contributed by atoms with Gasteiger partial charge < -0.3 is 9.64 Å². The Hall–Kier alpha value is -2.90. The van der Waals surface area contributed by atoms with Gasteiger partial charge >= 0.3 is 0 Å². The molecule has 6 rings (SSSR count). The number of nitrogens with zero attached hydrogens (tertiary/aromatic N) is 3. The van der Waals surface area contributed by atoms with E-state index in [1.165, 1.54) is 12.1 Å². The molecular formula is C27H27F2N3O2. The highest BCUT2D eigenvalue weighted by molar-refractivity contribution is 5.84. The molecule has 1 amide bonds. The molecule has 0 bridgehead atoms. The molecule has 34 heavy (non-hydrogen) atoms. The summed E-state index contributed by atoms with van der Waals surface area (Å²) in [4.78, 5) is 20.6. The number of rotatable bonds is 4. The fourth-order valence-electron chi connectivity index (χ4n) is 5.27. The lowest BCUT2D eigenvalue weighted by molar-refractivity contribution is -0.172. The lowest BCUT2D eigenvalue weighted by Crippen LogP contribution is -2.59. The van der Waals surface area contributed by atoms with Crippen LogP contribution in [0.5, 0.6) is 0 Å². The van der Waals surface area contributed by atoms with Gasteiger partial charge in [-0.2, -0.15) is 0 Å². The first kappa shape index (κ1) is 21.6. The fraction of sp³-hybridized carbons (Fsp3) is 0.407. The van der Waals surface area contributed by atoms with Crippen molar-refractivity contribution < 1.29 is 18.3 Å². The Morgan fingerprint density at radius 2 is 1.79 bits per heavy atom. The third kappa shape index (κ3) is 4.07. The van der Waals surface area contributed by atoms with E-state index in [4.69, 9.17) is 4.74 Å². The molecule has 7 heteroatoms. The molecule has 1 saturated carbocycles. The third-order valence-corrected chi connectivity index (χ3v) is 7.50. The Bertz CT molecular complexity index is 1230. The molecule has 0 radical (unpaired) electrons. The Morgan fingerprint density at radius 1 is 1.03 bits per heavy atom. The molecule has 2 aromatic carbocycles. The number of hydrogen-bond acceptors (Lipinski definition) is 4. The minimum Gasteiger partial charge on any atom is -0.363 e. The molecular weight excluding hydrogens is 436 g/mol. The summed E-state index contributed by atoms with van der Waals surface area (Å²) >= 11 is 0. The van der Waals surface area contributed by atoms with Crippen molar-refractivity contribution in [1.29, 1.82) is 0 Å². The monoisotopic (exact) mass is 463 g/mol. The molecule has 3 aromatic rings. The highest BCUT2D eigenvalue weighted by Crippen LogP contribution is 2.37. The van der Waals surface area contributed by atoms with Crippen molar-refractivity contribution in [1.82, 2.24) is 14.8 Å². The second-order valence-corrected chi connectivity index (χ2v) is 9.83. The third-order valence-electron chi connectivity index (χ3n) is 7.50. The number of fused-ring (bicyclic) bond motifs is 1. The lowest BCUT2D eigenvalue weighted by Gasteiger charge is -2.47. The average molecular weight is 464 g/mol. The highest BCUT2D eigenvalue weighted by Gasteiger charge is 2.46. The second kappa shape index (κ2) is 8.40. The van der Waals surface area contributed by atoms with E-state index in [2.05, 4.69) is 9.88 Å². The number of hydrogen-bond donors (Lipinski definition) is 0. The van der Waals surface area contributed by atoms with Crippen LogP contribution in [0.2, 0.25) is 0 Å². The smallest absolute Gasteiger partial charge is 0.248 e. The predicted octanol–water partition coefficient (Wildman–Crippen LogP) is 4.54. The van der Waals surface area contributed by atoms with E-state index in [9.17, 15) is 4.79 Å². The molecule has 176 valence electrons. The first-order valence-corrected chi connectivity index (χ1v) is 12.0. The lowest BCUT2D eigenvalue weighted by atomic mass is 9.89. The molecule has 3 fully saturated rings. The summed E-state index contributed by atoms with van der Waals surface area (Å²) < 4.78 is 36.1. The van der Waals surface area contributed by atoms with Gasteiger partial charge in [0, 0.05) is 42.8 Å². The SMILES string of the molecule is O=C1COC2(CCN(Cc3c(F)cc(-c4ccc5cccnc5c4)cc3F)CC2)CN1C1CC1. The van der Waals surface area contributed by atoms with Crippen molar-refractivity contribution in [3.05, 3.63) is 65.9 Å². The molecule has 0 unspecified atom stereocenters. The Kier molecular flexibility index (Phi) is 5.34. The molecule has 1 aliphatic carbocycles. The molecule has 2 aliphatic heterocycles. The standard InChI is InChI=1S/C27H27F2N3O2/c28-23-12-20(19-4-3-18-2-1-9-30-25(18)14-19)13-24(29)22(23)15-31-10-7-27(8-11-31)17-32(21-5-6-21)26(33)16-34-27/h1-4,9,12-14,21H,5-8,10-11,15-17H2. The molecule has 1 spiro atoms. The summed E-state index contributed by atoms with van der Waals surface area (Å²) in [6.45, 7) is 2.37. The first-order chi connectivity index (χ1) is 16.5. The van der Waals surface area contributed by atoms with Crippen LogP contribution >= 0.6 is 0 Å². The van der Waals surface area contributed by atoms with Crippen LogP contribution in [0.1, 0.15) is 31.2 Å². The van der Waals surface area contributed by atoms with Crippen molar-refractivity contribution in [3.63, 3.8) is 0 Å². The average Bonchev–Trinajstić information content (AvgIpc) is 3.69. The molecule has 3 aliphatic rings. The van der Waals surface area contributed by atoms with E-state index < -0.39 is 11.6 Å². The van der Waals surface area contributed by atoms with Gasteiger partial charge in [0.1, 0.15) is 18.2 Å². The molecule has 1 aromatic heterocycles. The first-order valence-electron chi connectivity index (χ1n) is 12.0. The van der Waals surface area contributed by atoms with Crippen LogP contribution in [-0.4, -0.2) is 58.6 Å². The van der Waals surface area contributed by atoms with Gasteiger partial charge in [-0.15, -0.1) is 0 Å². The van der Waals surface area contributed by atoms with Gasteiger partial charge in [0.2, 0.25) is 5.91 Å². The van der Waals surface area contributed by atoms with Gasteiger partial charge in [0.15, 0.2) is 0 Å². The molecule has 0 atom stereocenters. The number of piperidine rings is 1. The van der Waals surface area contributed by atoms with Gasteiger partial charge in [-0.05, 0) is 61.1 Å². The van der Waals surface area contributed by atoms with Crippen LogP contribution in [0.4, 0.5) is 8.78 Å². The fourth-order valence-corrected chi connectivity index (χ4v) is 5.27. The van der Waals surface area contributed by atoms with E-state index in [0.29, 0.717) is 31.2 Å². The zero-order valence-electron chi connectivity index (χ0n) is 19.0. The summed E-state index contributed by atoms with van der Waals surface area (Å²) in [5.74, 6) is -0.978. The van der Waals surface area contributed by atoms with Crippen molar-refractivity contribution in [2.45, 2.75) is 43.9 Å². The number of morpholine rings is 1. The van der Waals surface area contributed by atoms with Crippen LogP contribution in [-0.2, 0) is 16.1 Å². The van der Waals surface area contributed by atoms with E-state index in [1.54, 1.807) is 6.20 Å². The van der Waals surface area contributed by atoms with Crippen LogP contribution < -0.4 is 0 Å². The minimum atomic E-state index is -0.532. The van der Waals surface area contributed by atoms with Crippen molar-refractivity contribution >= 4 is 16.8 Å². The number of likely N-dealkylation sites (tertiary alicyclic amines) is 1. The Morgan fingerprint density at radius 3 is 2.53 bits per heavy atom. The number of halogens is 2. The number of ether oxygens (including phenoxy) is 1. The number of benzene rings is 2. The maximum Gasteiger partial charge on any atom is 0.248 e. The maximum atomic E-state index is 15.1. The van der Waals surface area contributed by atoms with Crippen LogP contribution in [0.15, 0.2) is 48.7 Å². The number of amides is 1. The highest BCUT2D eigenvalue weighted by atomic mass is 19.1. The van der Waals surface area contributed by atoms with Crippen LogP contribution in [0.25, 0.3) is 22.0 Å². The van der Waals surface area contributed by atoms with Gasteiger partial charge in [-0.25, -0.2) is 8.78 Å². The van der Waals surface area contributed by atoms with Gasteiger partial charge in [0.25, 0.3) is 0 Å². The zero-order chi connectivity index (χ0) is 23.3. The summed E-state index contributed by atoms with van der Waals surface area (Å²) in [6.07, 6.45) is 5.39. The number of carbonyl (C=O) groups is 1. The van der Waals surface area contributed by atoms with Crippen LogP contribution in [0, 0.1) is 11.6 Å². The van der Waals surface area contributed by atoms with Gasteiger partial charge in [-0.3, -0.25) is 14.7 Å². The summed E-state index contributed by atoms with van der Waals surface area (Å²) in [5, 5.41) is 0.984.